The smallest absolute Gasteiger partial charge is 0.243 e. The fourth-order valence-electron chi connectivity index (χ4n) is 2.67. The number of carbonyl (C=O) groups excluding carboxylic acids is 2. The van der Waals surface area contributed by atoms with Crippen molar-refractivity contribution in [3.63, 3.8) is 0 Å². The van der Waals surface area contributed by atoms with Gasteiger partial charge in [-0.05, 0) is 52.0 Å². The van der Waals surface area contributed by atoms with Gasteiger partial charge in [-0.1, -0.05) is 12.1 Å². The Bertz CT molecular complexity index is 687. The number of hydrogen-bond donors (Lipinski definition) is 3. The number of benzene rings is 1. The zero-order chi connectivity index (χ0) is 19.3. The summed E-state index contributed by atoms with van der Waals surface area (Å²) in [4.78, 5) is 26.4. The van der Waals surface area contributed by atoms with Crippen molar-refractivity contribution in [2.75, 3.05) is 18.1 Å². The maximum atomic E-state index is 12.4. The molecule has 2 rings (SSSR count). The lowest BCUT2D eigenvalue weighted by Gasteiger charge is -2.23. The normalized spacial score (nSPS) is 17.0. The summed E-state index contributed by atoms with van der Waals surface area (Å²) in [7, 11) is 0. The maximum absolute atomic E-state index is 12.4. The average molecular weight is 378 g/mol. The van der Waals surface area contributed by atoms with E-state index in [1.807, 2.05) is 52.0 Å². The molecule has 0 bridgehead atoms. The zero-order valence-corrected chi connectivity index (χ0v) is 16.4. The standard InChI is InChI=1S/C18H26N4O3S/c1-5-25-14-9-7-6-8-13(14)22-11-12(10-15(22)23)16(24)20-21-17(26)19-18(2,3)4/h6-9,12H,5,10-11H2,1-4H3,(H,20,24)(H2,19,21,26)/t12-/m1/s1. The number of hydrogen-bond acceptors (Lipinski definition) is 4. The lowest BCUT2D eigenvalue weighted by molar-refractivity contribution is -0.126. The molecule has 0 unspecified atom stereocenters. The van der Waals surface area contributed by atoms with Crippen LogP contribution in [-0.2, 0) is 9.59 Å². The molecular weight excluding hydrogens is 352 g/mol. The molecule has 1 aliphatic heterocycles. The molecule has 0 spiro atoms. The Hall–Kier alpha value is -2.35. The van der Waals surface area contributed by atoms with Gasteiger partial charge in [0.25, 0.3) is 0 Å². The van der Waals surface area contributed by atoms with E-state index in [1.165, 1.54) is 0 Å². The van der Waals surface area contributed by atoms with Crippen molar-refractivity contribution in [1.29, 1.82) is 0 Å². The third kappa shape index (κ3) is 5.32. The minimum absolute atomic E-state index is 0.104. The second kappa shape index (κ2) is 8.35. The van der Waals surface area contributed by atoms with Crippen molar-refractivity contribution in [2.45, 2.75) is 39.7 Å². The molecule has 142 valence electrons. The lowest BCUT2D eigenvalue weighted by atomic mass is 10.1. The van der Waals surface area contributed by atoms with E-state index in [-0.39, 0.29) is 23.8 Å². The predicted molar refractivity (Wildman–Crippen MR) is 105 cm³/mol. The van der Waals surface area contributed by atoms with Crippen molar-refractivity contribution in [3.8, 4) is 5.75 Å². The molecule has 0 radical (unpaired) electrons. The van der Waals surface area contributed by atoms with Crippen molar-refractivity contribution < 1.29 is 14.3 Å². The fraction of sp³-hybridized carbons (Fsp3) is 0.500. The minimum Gasteiger partial charge on any atom is -0.492 e. The first kappa shape index (κ1) is 20.0. The van der Waals surface area contributed by atoms with Gasteiger partial charge in [-0.3, -0.25) is 20.4 Å². The Labute approximate surface area is 159 Å². The van der Waals surface area contributed by atoms with Crippen LogP contribution in [0.1, 0.15) is 34.1 Å². The number of amides is 2. The topological polar surface area (TPSA) is 82.7 Å². The summed E-state index contributed by atoms with van der Waals surface area (Å²) < 4.78 is 5.59. The first-order valence-electron chi connectivity index (χ1n) is 8.61. The Morgan fingerprint density at radius 3 is 2.65 bits per heavy atom. The number of rotatable bonds is 4. The van der Waals surface area contributed by atoms with E-state index in [9.17, 15) is 9.59 Å². The molecule has 3 N–H and O–H groups in total. The molecule has 1 fully saturated rings. The Morgan fingerprint density at radius 1 is 1.31 bits per heavy atom. The molecule has 7 nitrogen and oxygen atoms in total. The van der Waals surface area contributed by atoms with Gasteiger partial charge < -0.3 is 15.0 Å². The molecule has 0 aromatic heterocycles. The summed E-state index contributed by atoms with van der Waals surface area (Å²) in [6.45, 7) is 8.59. The van der Waals surface area contributed by atoms with Gasteiger partial charge in [-0.25, -0.2) is 0 Å². The highest BCUT2D eigenvalue weighted by Crippen LogP contribution is 2.33. The molecule has 26 heavy (non-hydrogen) atoms. The zero-order valence-electron chi connectivity index (χ0n) is 15.6. The van der Waals surface area contributed by atoms with Gasteiger partial charge in [0, 0.05) is 18.5 Å². The molecule has 2 amide bonds. The number of anilines is 1. The first-order chi connectivity index (χ1) is 12.2. The highest BCUT2D eigenvalue weighted by Gasteiger charge is 2.36. The van der Waals surface area contributed by atoms with Gasteiger partial charge in [0.15, 0.2) is 5.11 Å². The summed E-state index contributed by atoms with van der Waals surface area (Å²) in [5.41, 5.74) is 5.74. The van der Waals surface area contributed by atoms with E-state index in [4.69, 9.17) is 17.0 Å². The maximum Gasteiger partial charge on any atom is 0.243 e. The third-order valence-corrected chi connectivity index (χ3v) is 3.94. The van der Waals surface area contributed by atoms with Crippen LogP contribution in [-0.4, -0.2) is 35.6 Å². The van der Waals surface area contributed by atoms with Gasteiger partial charge in [0.1, 0.15) is 5.75 Å². The summed E-state index contributed by atoms with van der Waals surface area (Å²) in [6, 6.07) is 7.34. The monoisotopic (exact) mass is 378 g/mol. The summed E-state index contributed by atoms with van der Waals surface area (Å²) in [6.07, 6.45) is 0.146. The van der Waals surface area contributed by atoms with Crippen molar-refractivity contribution in [3.05, 3.63) is 24.3 Å². The number of ether oxygens (including phenoxy) is 1. The Kier molecular flexibility index (Phi) is 6.42. The summed E-state index contributed by atoms with van der Waals surface area (Å²) >= 11 is 5.13. The van der Waals surface area contributed by atoms with Crippen LogP contribution in [0.2, 0.25) is 0 Å². The number of hydrazine groups is 1. The summed E-state index contributed by atoms with van der Waals surface area (Å²) in [5.74, 6) is -0.194. The van der Waals surface area contributed by atoms with Crippen LogP contribution in [0.25, 0.3) is 0 Å². The molecule has 8 heteroatoms. The van der Waals surface area contributed by atoms with Gasteiger partial charge in [-0.15, -0.1) is 0 Å². The van der Waals surface area contributed by atoms with Crippen LogP contribution >= 0.6 is 12.2 Å². The molecule has 1 aromatic carbocycles. The molecule has 1 aromatic rings. The molecular formula is C18H26N4O3S. The van der Waals surface area contributed by atoms with Crippen LogP contribution in [0.4, 0.5) is 5.69 Å². The number of thiocarbonyl (C=S) groups is 1. The number of nitrogens with one attached hydrogen (secondary N) is 3. The van der Waals surface area contributed by atoms with Crippen LogP contribution in [0.3, 0.4) is 0 Å². The van der Waals surface area contributed by atoms with Crippen molar-refractivity contribution >= 4 is 34.8 Å². The quantitative estimate of drug-likeness (QED) is 0.547. The second-order valence-electron chi connectivity index (χ2n) is 7.12. The number of para-hydroxylation sites is 2. The SMILES string of the molecule is CCOc1ccccc1N1C[C@H](C(=O)NNC(=S)NC(C)(C)C)CC1=O. The van der Waals surface area contributed by atoms with Crippen LogP contribution < -0.4 is 25.8 Å². The molecule has 0 aliphatic carbocycles. The number of carbonyl (C=O) groups is 2. The van der Waals surface area contributed by atoms with Crippen LogP contribution in [0.15, 0.2) is 24.3 Å². The molecule has 1 atom stereocenters. The second-order valence-corrected chi connectivity index (χ2v) is 7.53. The van der Waals surface area contributed by atoms with Gasteiger partial charge in [0.05, 0.1) is 18.2 Å². The third-order valence-electron chi connectivity index (χ3n) is 3.74. The van der Waals surface area contributed by atoms with Crippen LogP contribution in [0.5, 0.6) is 5.75 Å². The largest absolute Gasteiger partial charge is 0.492 e. The van der Waals surface area contributed by atoms with Gasteiger partial charge in [-0.2, -0.15) is 0 Å². The predicted octanol–water partition coefficient (Wildman–Crippen LogP) is 1.73. The minimum atomic E-state index is -0.456. The fourth-order valence-corrected chi connectivity index (χ4v) is 3.02. The van der Waals surface area contributed by atoms with E-state index >= 15 is 0 Å². The van der Waals surface area contributed by atoms with E-state index in [2.05, 4.69) is 16.2 Å². The van der Waals surface area contributed by atoms with E-state index in [0.29, 0.717) is 29.7 Å². The molecule has 0 saturated carbocycles. The Morgan fingerprint density at radius 2 is 2.00 bits per heavy atom. The first-order valence-corrected chi connectivity index (χ1v) is 9.02. The lowest BCUT2D eigenvalue weighted by Crippen LogP contribution is -2.53. The van der Waals surface area contributed by atoms with Crippen LogP contribution in [0, 0.1) is 5.92 Å². The highest BCUT2D eigenvalue weighted by molar-refractivity contribution is 7.80. The summed E-state index contributed by atoms with van der Waals surface area (Å²) in [5, 5.41) is 3.37. The highest BCUT2D eigenvalue weighted by atomic mass is 32.1. The van der Waals surface area contributed by atoms with Gasteiger partial charge in [0.2, 0.25) is 11.8 Å². The molecule has 1 heterocycles. The average Bonchev–Trinajstić information content (AvgIpc) is 2.94. The van der Waals surface area contributed by atoms with Crippen molar-refractivity contribution in [1.82, 2.24) is 16.2 Å². The number of nitrogens with zero attached hydrogens (tertiary/aromatic N) is 1. The Balaban J connectivity index is 1.97. The van der Waals surface area contributed by atoms with Crippen molar-refractivity contribution in [2.24, 2.45) is 5.92 Å². The van der Waals surface area contributed by atoms with E-state index < -0.39 is 5.92 Å². The van der Waals surface area contributed by atoms with Gasteiger partial charge >= 0.3 is 0 Å². The molecule has 1 aliphatic rings. The van der Waals surface area contributed by atoms with E-state index in [0.717, 1.165) is 0 Å². The van der Waals surface area contributed by atoms with E-state index in [1.54, 1.807) is 4.90 Å². The molecule has 1 saturated heterocycles.